The van der Waals surface area contributed by atoms with Gasteiger partial charge in [0.1, 0.15) is 0 Å². The highest BCUT2D eigenvalue weighted by Gasteiger charge is 2.08. The van der Waals surface area contributed by atoms with Crippen LogP contribution in [0.4, 0.5) is 11.6 Å². The summed E-state index contributed by atoms with van der Waals surface area (Å²) in [6, 6.07) is 9.57. The van der Waals surface area contributed by atoms with Gasteiger partial charge >= 0.3 is 0 Å². The molecule has 0 aliphatic carbocycles. The van der Waals surface area contributed by atoms with Crippen LogP contribution in [-0.4, -0.2) is 17.0 Å². The van der Waals surface area contributed by atoms with Crippen LogP contribution in [0.25, 0.3) is 0 Å². The first kappa shape index (κ1) is 11.9. The first-order valence-electron chi connectivity index (χ1n) is 5.47. The third-order valence-electron chi connectivity index (χ3n) is 2.54. The predicted molar refractivity (Wildman–Crippen MR) is 69.7 cm³/mol. The Bertz CT molecular complexity index is 588. The van der Waals surface area contributed by atoms with Gasteiger partial charge in [-0.3, -0.25) is 0 Å². The molecule has 1 heterocycles. The van der Waals surface area contributed by atoms with Crippen molar-refractivity contribution >= 4 is 11.6 Å². The molecule has 2 N–H and O–H groups in total. The lowest BCUT2D eigenvalue weighted by Gasteiger charge is -2.19. The van der Waals surface area contributed by atoms with Crippen molar-refractivity contribution in [3.63, 3.8) is 0 Å². The number of nitriles is 1. The fraction of sp³-hybridized carbons (Fsp3) is 0.154. The molecule has 18 heavy (non-hydrogen) atoms. The first-order valence-corrected chi connectivity index (χ1v) is 5.47. The van der Waals surface area contributed by atoms with E-state index in [2.05, 4.69) is 16.0 Å². The molecule has 0 atom stereocenters. The number of nitrogen functional groups attached to an aromatic ring is 1. The van der Waals surface area contributed by atoms with Crippen molar-refractivity contribution in [2.75, 3.05) is 17.7 Å². The summed E-state index contributed by atoms with van der Waals surface area (Å²) in [5, 5.41) is 8.85. The molecule has 1 aromatic heterocycles. The second-order valence-corrected chi connectivity index (χ2v) is 3.93. The average molecular weight is 239 g/mol. The molecule has 90 valence electrons. The van der Waals surface area contributed by atoms with Gasteiger partial charge in [-0.15, -0.1) is 0 Å². The molecule has 2 rings (SSSR count). The molecular formula is C13H13N5. The molecule has 5 nitrogen and oxygen atoms in total. The number of nitrogens with zero attached hydrogens (tertiary/aromatic N) is 4. The van der Waals surface area contributed by atoms with Gasteiger partial charge in [0.05, 0.1) is 11.6 Å². The molecule has 5 heteroatoms. The van der Waals surface area contributed by atoms with Crippen LogP contribution in [0.5, 0.6) is 0 Å². The molecule has 0 amide bonds. The maximum Gasteiger partial charge on any atom is 0.171 e. The van der Waals surface area contributed by atoms with Gasteiger partial charge < -0.3 is 10.6 Å². The maximum atomic E-state index is 8.85. The summed E-state index contributed by atoms with van der Waals surface area (Å²) in [5.74, 6) is 1.04. The van der Waals surface area contributed by atoms with Crippen LogP contribution in [0.2, 0.25) is 0 Å². The number of hydrogen-bond donors (Lipinski definition) is 1. The molecule has 0 saturated carbocycles. The van der Waals surface area contributed by atoms with E-state index in [1.54, 1.807) is 18.5 Å². The number of rotatable bonds is 3. The molecule has 0 bridgehead atoms. The minimum absolute atomic E-state index is 0.399. The van der Waals surface area contributed by atoms with Gasteiger partial charge in [0.25, 0.3) is 0 Å². The quantitative estimate of drug-likeness (QED) is 0.879. The number of benzene rings is 1. The molecule has 2 aromatic rings. The second-order valence-electron chi connectivity index (χ2n) is 3.93. The van der Waals surface area contributed by atoms with E-state index in [1.165, 1.54) is 0 Å². The monoisotopic (exact) mass is 239 g/mol. The van der Waals surface area contributed by atoms with Gasteiger partial charge in [-0.1, -0.05) is 12.1 Å². The van der Waals surface area contributed by atoms with Crippen LogP contribution in [0, 0.1) is 11.3 Å². The Morgan fingerprint density at radius 1 is 1.33 bits per heavy atom. The van der Waals surface area contributed by atoms with E-state index in [0.717, 1.165) is 5.56 Å². The van der Waals surface area contributed by atoms with E-state index in [9.17, 15) is 0 Å². The fourth-order valence-electron chi connectivity index (χ4n) is 1.72. The lowest BCUT2D eigenvalue weighted by molar-refractivity contribution is 0.893. The topological polar surface area (TPSA) is 78.8 Å². The molecule has 1 aromatic carbocycles. The molecule has 0 radical (unpaired) electrons. The molecule has 0 spiro atoms. The Kier molecular flexibility index (Phi) is 3.39. The minimum atomic E-state index is 0.399. The highest BCUT2D eigenvalue weighted by molar-refractivity contribution is 5.56. The van der Waals surface area contributed by atoms with Crippen molar-refractivity contribution in [1.29, 1.82) is 5.26 Å². The van der Waals surface area contributed by atoms with Crippen molar-refractivity contribution in [1.82, 2.24) is 9.97 Å². The lowest BCUT2D eigenvalue weighted by Crippen LogP contribution is -2.19. The summed E-state index contributed by atoms with van der Waals surface area (Å²) >= 11 is 0. The van der Waals surface area contributed by atoms with Crippen LogP contribution < -0.4 is 10.6 Å². The van der Waals surface area contributed by atoms with Gasteiger partial charge in [-0.2, -0.15) is 5.26 Å². The SMILES string of the molecule is CN(Cc1cccc(C#N)c1)c1nccnc1N. The molecule has 0 aliphatic rings. The Balaban J connectivity index is 2.19. The van der Waals surface area contributed by atoms with Crippen molar-refractivity contribution in [3.05, 3.63) is 47.8 Å². The Hall–Kier alpha value is -2.61. The van der Waals surface area contributed by atoms with E-state index >= 15 is 0 Å². The van der Waals surface area contributed by atoms with E-state index in [-0.39, 0.29) is 0 Å². The van der Waals surface area contributed by atoms with E-state index in [0.29, 0.717) is 23.7 Å². The zero-order valence-corrected chi connectivity index (χ0v) is 10.0. The van der Waals surface area contributed by atoms with Gasteiger partial charge in [0.15, 0.2) is 11.6 Å². The summed E-state index contributed by atoms with van der Waals surface area (Å²) in [6.07, 6.45) is 3.16. The van der Waals surface area contributed by atoms with Crippen molar-refractivity contribution in [3.8, 4) is 6.07 Å². The molecule has 0 unspecified atom stereocenters. The number of hydrogen-bond acceptors (Lipinski definition) is 5. The second kappa shape index (κ2) is 5.15. The summed E-state index contributed by atoms with van der Waals surface area (Å²) in [7, 11) is 1.89. The van der Waals surface area contributed by atoms with Gasteiger partial charge in [-0.25, -0.2) is 9.97 Å². The van der Waals surface area contributed by atoms with E-state index < -0.39 is 0 Å². The summed E-state index contributed by atoms with van der Waals surface area (Å²) < 4.78 is 0. The average Bonchev–Trinajstić information content (AvgIpc) is 2.39. The zero-order valence-electron chi connectivity index (χ0n) is 10.0. The largest absolute Gasteiger partial charge is 0.381 e. The third-order valence-corrected chi connectivity index (χ3v) is 2.54. The van der Waals surface area contributed by atoms with Gasteiger partial charge in [-0.05, 0) is 17.7 Å². The van der Waals surface area contributed by atoms with Crippen molar-refractivity contribution < 1.29 is 0 Å². The van der Waals surface area contributed by atoms with Crippen LogP contribution >= 0.6 is 0 Å². The summed E-state index contributed by atoms with van der Waals surface area (Å²) in [4.78, 5) is 10.1. The van der Waals surface area contributed by atoms with Crippen molar-refractivity contribution in [2.24, 2.45) is 0 Å². The fourth-order valence-corrected chi connectivity index (χ4v) is 1.72. The Morgan fingerprint density at radius 2 is 2.11 bits per heavy atom. The summed E-state index contributed by atoms with van der Waals surface area (Å²) in [6.45, 7) is 0.623. The summed E-state index contributed by atoms with van der Waals surface area (Å²) in [5.41, 5.74) is 7.44. The Morgan fingerprint density at radius 3 is 2.83 bits per heavy atom. The third kappa shape index (κ3) is 2.55. The number of aromatic nitrogens is 2. The van der Waals surface area contributed by atoms with Gasteiger partial charge in [0.2, 0.25) is 0 Å². The van der Waals surface area contributed by atoms with Gasteiger partial charge in [0, 0.05) is 26.0 Å². The predicted octanol–water partition coefficient (Wildman–Crippen LogP) is 1.57. The zero-order chi connectivity index (χ0) is 13.0. The molecule has 0 aliphatic heterocycles. The van der Waals surface area contributed by atoms with Crippen LogP contribution in [-0.2, 0) is 6.54 Å². The first-order chi connectivity index (χ1) is 8.70. The van der Waals surface area contributed by atoms with Crippen molar-refractivity contribution in [2.45, 2.75) is 6.54 Å². The molecular weight excluding hydrogens is 226 g/mol. The molecule has 0 saturated heterocycles. The lowest BCUT2D eigenvalue weighted by atomic mass is 10.1. The number of anilines is 2. The van der Waals surface area contributed by atoms with Crippen LogP contribution in [0.3, 0.4) is 0 Å². The van der Waals surface area contributed by atoms with Crippen LogP contribution in [0.1, 0.15) is 11.1 Å². The highest BCUT2D eigenvalue weighted by Crippen LogP contribution is 2.17. The maximum absolute atomic E-state index is 8.85. The minimum Gasteiger partial charge on any atom is -0.381 e. The normalized spacial score (nSPS) is 9.78. The van der Waals surface area contributed by atoms with E-state index in [1.807, 2.05) is 30.1 Å². The van der Waals surface area contributed by atoms with Crippen LogP contribution in [0.15, 0.2) is 36.7 Å². The standard InChI is InChI=1S/C13H13N5/c1-18(13-12(15)16-5-6-17-13)9-11-4-2-3-10(7-11)8-14/h2-7H,9H2,1H3,(H2,15,16). The smallest absolute Gasteiger partial charge is 0.171 e. The number of nitrogens with two attached hydrogens (primary N) is 1. The highest BCUT2D eigenvalue weighted by atomic mass is 15.2. The Labute approximate surface area is 106 Å². The molecule has 0 fully saturated rings. The van der Waals surface area contributed by atoms with E-state index in [4.69, 9.17) is 11.0 Å².